The smallest absolute Gasteiger partial charge is 0.255 e. The number of nitrogens with one attached hydrogen (secondary N) is 1. The molecule has 2 aromatic heterocycles. The molecule has 0 spiro atoms. The minimum atomic E-state index is -0.129. The molecule has 2 heterocycles. The van der Waals surface area contributed by atoms with Crippen molar-refractivity contribution in [3.63, 3.8) is 0 Å². The third kappa shape index (κ3) is 5.15. The summed E-state index contributed by atoms with van der Waals surface area (Å²) in [4.78, 5) is 16.8. The fourth-order valence-corrected chi connectivity index (χ4v) is 4.60. The van der Waals surface area contributed by atoms with E-state index in [2.05, 4.69) is 44.1 Å². The number of benzene rings is 3. The highest BCUT2D eigenvalue weighted by atomic mass is 32.2. The van der Waals surface area contributed by atoms with E-state index < -0.39 is 0 Å². The molecule has 1 amide bonds. The molecular weight excluding hydrogens is 454 g/mol. The quantitative estimate of drug-likeness (QED) is 0.283. The topological polar surface area (TPSA) is 72.7 Å². The van der Waals surface area contributed by atoms with Crippen molar-refractivity contribution in [2.75, 3.05) is 5.32 Å². The summed E-state index contributed by atoms with van der Waals surface area (Å²) >= 11 is 1.60. The maximum atomic E-state index is 12.5. The lowest BCUT2D eigenvalue weighted by molar-refractivity contribution is 0.102. The molecule has 3 aromatic carbocycles. The highest BCUT2D eigenvalue weighted by molar-refractivity contribution is 7.98. The number of carbonyl (C=O) groups is 1. The molecule has 0 aliphatic carbocycles. The predicted molar refractivity (Wildman–Crippen MR) is 140 cm³/mol. The van der Waals surface area contributed by atoms with E-state index in [1.54, 1.807) is 24.2 Å². The van der Waals surface area contributed by atoms with Gasteiger partial charge in [-0.2, -0.15) is 0 Å². The van der Waals surface area contributed by atoms with Crippen molar-refractivity contribution in [1.29, 1.82) is 0 Å². The summed E-state index contributed by atoms with van der Waals surface area (Å²) in [7, 11) is 0. The first-order valence-corrected chi connectivity index (χ1v) is 12.2. The Kier molecular flexibility index (Phi) is 6.68. The average molecular weight is 478 g/mol. The summed E-state index contributed by atoms with van der Waals surface area (Å²) in [6, 6.07) is 29.2. The number of carbonyl (C=O) groups excluding carboxylic acids is 1. The number of thioether (sulfide) groups is 1. The number of pyridine rings is 1. The Hall–Kier alpha value is -4.23. The lowest BCUT2D eigenvalue weighted by Crippen LogP contribution is -2.11. The zero-order chi connectivity index (χ0) is 24.0. The van der Waals surface area contributed by atoms with Gasteiger partial charge >= 0.3 is 0 Å². The van der Waals surface area contributed by atoms with E-state index in [-0.39, 0.29) is 5.91 Å². The number of hydrogen-bond donors (Lipinski definition) is 1. The van der Waals surface area contributed by atoms with E-state index in [9.17, 15) is 4.79 Å². The Balaban J connectivity index is 1.36. The number of rotatable bonds is 7. The predicted octanol–water partition coefficient (Wildman–Crippen LogP) is 6.18. The minimum Gasteiger partial charge on any atom is -0.322 e. The molecule has 6 nitrogen and oxygen atoms in total. The summed E-state index contributed by atoms with van der Waals surface area (Å²) in [5, 5.41) is 12.7. The minimum absolute atomic E-state index is 0.129. The van der Waals surface area contributed by atoms with Crippen molar-refractivity contribution in [1.82, 2.24) is 19.7 Å². The molecule has 0 radical (unpaired) electrons. The van der Waals surface area contributed by atoms with Crippen LogP contribution in [0.25, 0.3) is 17.1 Å². The third-order valence-corrected chi connectivity index (χ3v) is 6.53. The number of anilines is 1. The van der Waals surface area contributed by atoms with Crippen LogP contribution in [0.2, 0.25) is 0 Å². The van der Waals surface area contributed by atoms with Gasteiger partial charge in [-0.05, 0) is 60.5 Å². The molecule has 7 heteroatoms. The molecule has 1 N–H and O–H groups in total. The van der Waals surface area contributed by atoms with E-state index >= 15 is 0 Å². The molecule has 5 aromatic rings. The molecule has 0 aliphatic heterocycles. The van der Waals surface area contributed by atoms with Crippen molar-refractivity contribution in [2.45, 2.75) is 17.8 Å². The van der Waals surface area contributed by atoms with Crippen LogP contribution in [0.15, 0.2) is 109 Å². The highest BCUT2D eigenvalue weighted by Crippen LogP contribution is 2.30. The molecule has 0 aliphatic rings. The standard InChI is InChI=1S/C28H23N5OS/c1-20-8-5-6-12-25(20)33-26(23-9-7-17-29-18-23)31-32-28(33)35-19-21-13-15-22(16-14-21)27(34)30-24-10-3-2-4-11-24/h2-18H,19H2,1H3,(H,30,34). The average Bonchev–Trinajstić information content (AvgIpc) is 3.33. The normalized spacial score (nSPS) is 10.8. The monoisotopic (exact) mass is 477 g/mol. The maximum Gasteiger partial charge on any atom is 0.255 e. The van der Waals surface area contributed by atoms with Crippen molar-refractivity contribution in [3.05, 3.63) is 120 Å². The van der Waals surface area contributed by atoms with Crippen LogP contribution in [-0.2, 0) is 5.75 Å². The second kappa shape index (κ2) is 10.4. The number of nitrogens with zero attached hydrogens (tertiary/aromatic N) is 4. The molecule has 0 atom stereocenters. The van der Waals surface area contributed by atoms with Crippen LogP contribution in [-0.4, -0.2) is 25.7 Å². The summed E-state index contributed by atoms with van der Waals surface area (Å²) < 4.78 is 2.08. The van der Waals surface area contributed by atoms with E-state index in [0.717, 1.165) is 39.0 Å². The fourth-order valence-electron chi connectivity index (χ4n) is 3.70. The molecule has 0 saturated carbocycles. The molecule has 172 valence electrons. The number of para-hydroxylation sites is 2. The summed E-state index contributed by atoms with van der Waals surface area (Å²) in [6.07, 6.45) is 3.55. The van der Waals surface area contributed by atoms with Gasteiger partial charge in [0.15, 0.2) is 11.0 Å². The van der Waals surface area contributed by atoms with E-state index in [4.69, 9.17) is 0 Å². The molecule has 5 rings (SSSR count). The van der Waals surface area contributed by atoms with Gasteiger partial charge in [0.2, 0.25) is 0 Å². The Morgan fingerprint density at radius 1 is 0.886 bits per heavy atom. The molecular formula is C28H23N5OS. The Bertz CT molecular complexity index is 1430. The number of aryl methyl sites for hydroxylation is 1. The van der Waals surface area contributed by atoms with E-state index in [1.165, 1.54) is 0 Å². The van der Waals surface area contributed by atoms with Gasteiger partial charge in [0.25, 0.3) is 5.91 Å². The largest absolute Gasteiger partial charge is 0.322 e. The third-order valence-electron chi connectivity index (χ3n) is 5.53. The van der Waals surface area contributed by atoms with Gasteiger partial charge in [-0.25, -0.2) is 0 Å². The van der Waals surface area contributed by atoms with Gasteiger partial charge < -0.3 is 5.32 Å². The molecule has 0 bridgehead atoms. The molecule has 0 fully saturated rings. The second-order valence-corrected chi connectivity index (χ2v) is 8.92. The molecule has 35 heavy (non-hydrogen) atoms. The highest BCUT2D eigenvalue weighted by Gasteiger charge is 2.17. The van der Waals surface area contributed by atoms with Gasteiger partial charge in [0, 0.05) is 35.0 Å². The number of amides is 1. The second-order valence-electron chi connectivity index (χ2n) is 7.98. The number of aromatic nitrogens is 4. The van der Waals surface area contributed by atoms with Crippen molar-refractivity contribution >= 4 is 23.4 Å². The Morgan fingerprint density at radius 2 is 1.66 bits per heavy atom. The lowest BCUT2D eigenvalue weighted by atomic mass is 10.1. The Labute approximate surface area is 208 Å². The van der Waals surface area contributed by atoms with Crippen LogP contribution in [0.4, 0.5) is 5.69 Å². The van der Waals surface area contributed by atoms with Crippen LogP contribution in [0.5, 0.6) is 0 Å². The van der Waals surface area contributed by atoms with Gasteiger partial charge in [0.05, 0.1) is 5.69 Å². The van der Waals surface area contributed by atoms with E-state index in [0.29, 0.717) is 11.3 Å². The first kappa shape index (κ1) is 22.6. The van der Waals surface area contributed by atoms with Gasteiger partial charge in [0.1, 0.15) is 0 Å². The lowest BCUT2D eigenvalue weighted by Gasteiger charge is -2.13. The van der Waals surface area contributed by atoms with Crippen molar-refractivity contribution < 1.29 is 4.79 Å². The Morgan fingerprint density at radius 3 is 2.40 bits per heavy atom. The first-order chi connectivity index (χ1) is 17.2. The van der Waals surface area contributed by atoms with Crippen LogP contribution in [0, 0.1) is 6.92 Å². The number of hydrogen-bond acceptors (Lipinski definition) is 5. The van der Waals surface area contributed by atoms with Gasteiger partial charge in [-0.1, -0.05) is 60.3 Å². The van der Waals surface area contributed by atoms with Crippen molar-refractivity contribution in [2.24, 2.45) is 0 Å². The molecule has 0 unspecified atom stereocenters. The maximum absolute atomic E-state index is 12.5. The summed E-state index contributed by atoms with van der Waals surface area (Å²) in [5.74, 6) is 1.32. The van der Waals surface area contributed by atoms with E-state index in [1.807, 2.05) is 78.9 Å². The van der Waals surface area contributed by atoms with Crippen LogP contribution >= 0.6 is 11.8 Å². The van der Waals surface area contributed by atoms with Gasteiger partial charge in [-0.3, -0.25) is 14.3 Å². The van der Waals surface area contributed by atoms with Crippen LogP contribution < -0.4 is 5.32 Å². The van der Waals surface area contributed by atoms with Crippen LogP contribution in [0.3, 0.4) is 0 Å². The first-order valence-electron chi connectivity index (χ1n) is 11.2. The zero-order valence-electron chi connectivity index (χ0n) is 19.1. The van der Waals surface area contributed by atoms with Gasteiger partial charge in [-0.15, -0.1) is 10.2 Å². The molecule has 0 saturated heterocycles. The fraction of sp³-hybridized carbons (Fsp3) is 0.0714. The SMILES string of the molecule is Cc1ccccc1-n1c(SCc2ccc(C(=O)Nc3ccccc3)cc2)nnc1-c1cccnc1. The summed E-state index contributed by atoms with van der Waals surface area (Å²) in [5.41, 5.74) is 5.55. The summed E-state index contributed by atoms with van der Waals surface area (Å²) in [6.45, 7) is 2.08. The van der Waals surface area contributed by atoms with Crippen molar-refractivity contribution in [3.8, 4) is 17.1 Å². The zero-order valence-corrected chi connectivity index (χ0v) is 19.9. The van der Waals surface area contributed by atoms with Crippen LogP contribution in [0.1, 0.15) is 21.5 Å².